The van der Waals surface area contributed by atoms with Crippen LogP contribution in [0.5, 0.6) is 5.75 Å². The summed E-state index contributed by atoms with van der Waals surface area (Å²) in [6, 6.07) is 21.7. The first kappa shape index (κ1) is 16.9. The van der Waals surface area contributed by atoms with Gasteiger partial charge in [-0.25, -0.2) is 4.98 Å². The molecule has 0 saturated carbocycles. The lowest BCUT2D eigenvalue weighted by molar-refractivity contribution is 0.306. The molecular formula is C20H19N3OS. The molecule has 25 heavy (non-hydrogen) atoms. The number of nitrogen functional groups attached to an aromatic ring is 1. The number of thiocarbonyl (C=S) groups is 1. The standard InChI is InChI=1S/C20H19N3OS/c21-19-18(7-4-12-22-19)20(25)23-13-15-8-10-17(11-9-15)24-14-16-5-2-1-3-6-16/h1-12H,13-14H2,(H2,21,22)(H,23,25). The van der Waals surface area contributed by atoms with Crippen molar-refractivity contribution in [2.24, 2.45) is 0 Å². The number of aromatic nitrogens is 1. The maximum absolute atomic E-state index is 5.84. The number of pyridine rings is 1. The molecule has 126 valence electrons. The summed E-state index contributed by atoms with van der Waals surface area (Å²) in [4.78, 5) is 4.64. The van der Waals surface area contributed by atoms with Gasteiger partial charge >= 0.3 is 0 Å². The van der Waals surface area contributed by atoms with Crippen LogP contribution in [0.4, 0.5) is 5.82 Å². The molecule has 3 rings (SSSR count). The average molecular weight is 349 g/mol. The Morgan fingerprint density at radius 3 is 2.44 bits per heavy atom. The Kier molecular flexibility index (Phi) is 5.59. The molecule has 3 N–H and O–H groups in total. The highest BCUT2D eigenvalue weighted by Gasteiger charge is 2.05. The molecule has 0 atom stereocenters. The predicted octanol–water partition coefficient (Wildman–Crippen LogP) is 3.71. The molecule has 0 fully saturated rings. The van der Waals surface area contributed by atoms with Crippen molar-refractivity contribution in [3.05, 3.63) is 89.6 Å². The van der Waals surface area contributed by atoms with Gasteiger partial charge in [0, 0.05) is 12.7 Å². The van der Waals surface area contributed by atoms with Gasteiger partial charge in [0.15, 0.2) is 0 Å². The second-order valence-electron chi connectivity index (χ2n) is 5.54. The van der Waals surface area contributed by atoms with Crippen LogP contribution in [0.3, 0.4) is 0 Å². The molecule has 3 aromatic rings. The third-order valence-electron chi connectivity index (χ3n) is 3.71. The van der Waals surface area contributed by atoms with Gasteiger partial charge in [0.05, 0.1) is 5.56 Å². The van der Waals surface area contributed by atoms with Gasteiger partial charge < -0.3 is 15.8 Å². The molecule has 0 aliphatic rings. The first-order valence-corrected chi connectivity index (χ1v) is 8.37. The van der Waals surface area contributed by atoms with Gasteiger partial charge in [-0.1, -0.05) is 54.7 Å². The molecule has 4 nitrogen and oxygen atoms in total. The predicted molar refractivity (Wildman–Crippen MR) is 104 cm³/mol. The van der Waals surface area contributed by atoms with Crippen LogP contribution in [0.2, 0.25) is 0 Å². The zero-order valence-corrected chi connectivity index (χ0v) is 14.5. The minimum atomic E-state index is 0.435. The third kappa shape index (κ3) is 4.78. The largest absolute Gasteiger partial charge is 0.489 e. The summed E-state index contributed by atoms with van der Waals surface area (Å²) in [5, 5.41) is 3.20. The third-order valence-corrected chi connectivity index (χ3v) is 4.07. The first-order valence-electron chi connectivity index (χ1n) is 7.97. The highest BCUT2D eigenvalue weighted by Crippen LogP contribution is 2.15. The number of ether oxygens (including phenoxy) is 1. The molecule has 2 aromatic carbocycles. The van der Waals surface area contributed by atoms with Crippen LogP contribution in [0, 0.1) is 0 Å². The first-order chi connectivity index (χ1) is 12.2. The lowest BCUT2D eigenvalue weighted by atomic mass is 10.2. The second kappa shape index (κ2) is 8.26. The van der Waals surface area contributed by atoms with E-state index >= 15 is 0 Å². The van der Waals surface area contributed by atoms with E-state index in [-0.39, 0.29) is 0 Å². The molecular weight excluding hydrogens is 330 g/mol. The van der Waals surface area contributed by atoms with E-state index in [0.717, 1.165) is 22.4 Å². The van der Waals surface area contributed by atoms with Crippen LogP contribution in [-0.4, -0.2) is 9.97 Å². The number of nitrogens with two attached hydrogens (primary N) is 1. The molecule has 0 spiro atoms. The Morgan fingerprint density at radius 2 is 1.72 bits per heavy atom. The van der Waals surface area contributed by atoms with E-state index < -0.39 is 0 Å². The fourth-order valence-corrected chi connectivity index (χ4v) is 2.58. The number of nitrogens with zero attached hydrogens (tertiary/aromatic N) is 1. The summed E-state index contributed by atoms with van der Waals surface area (Å²) in [5.41, 5.74) is 8.84. The number of rotatable bonds is 6. The van der Waals surface area contributed by atoms with E-state index in [9.17, 15) is 0 Å². The summed E-state index contributed by atoms with van der Waals surface area (Å²) in [6.07, 6.45) is 1.65. The van der Waals surface area contributed by atoms with Crippen LogP contribution in [-0.2, 0) is 13.2 Å². The van der Waals surface area contributed by atoms with Gasteiger partial charge in [0.1, 0.15) is 23.2 Å². The molecule has 1 aromatic heterocycles. The van der Waals surface area contributed by atoms with Crippen molar-refractivity contribution < 1.29 is 4.74 Å². The number of nitrogens with one attached hydrogen (secondary N) is 1. The number of anilines is 1. The van der Waals surface area contributed by atoms with E-state index in [1.165, 1.54) is 0 Å². The maximum atomic E-state index is 5.84. The van der Waals surface area contributed by atoms with Crippen LogP contribution in [0.15, 0.2) is 72.9 Å². The van der Waals surface area contributed by atoms with Crippen LogP contribution < -0.4 is 15.8 Å². The molecule has 0 aliphatic carbocycles. The second-order valence-corrected chi connectivity index (χ2v) is 5.95. The fourth-order valence-electron chi connectivity index (χ4n) is 2.33. The Labute approximate surface area is 152 Å². The Morgan fingerprint density at radius 1 is 0.960 bits per heavy atom. The summed E-state index contributed by atoms with van der Waals surface area (Å²) in [6.45, 7) is 1.18. The van der Waals surface area contributed by atoms with Crippen LogP contribution in [0.25, 0.3) is 0 Å². The fraction of sp³-hybridized carbons (Fsp3) is 0.100. The van der Waals surface area contributed by atoms with Crippen molar-refractivity contribution in [3.8, 4) is 5.75 Å². The summed E-state index contributed by atoms with van der Waals surface area (Å²) in [5.74, 6) is 1.27. The summed E-state index contributed by atoms with van der Waals surface area (Å²) in [7, 11) is 0. The van der Waals surface area contributed by atoms with Crippen molar-refractivity contribution >= 4 is 23.0 Å². The van der Waals surface area contributed by atoms with Gasteiger partial charge in [0.25, 0.3) is 0 Å². The average Bonchev–Trinajstić information content (AvgIpc) is 2.66. The van der Waals surface area contributed by atoms with Crippen LogP contribution in [0.1, 0.15) is 16.7 Å². The Bertz CT molecular complexity index is 835. The van der Waals surface area contributed by atoms with Crippen molar-refractivity contribution in [3.63, 3.8) is 0 Å². The van der Waals surface area contributed by atoms with Gasteiger partial charge in [-0.3, -0.25) is 0 Å². The zero-order chi connectivity index (χ0) is 17.5. The molecule has 0 unspecified atom stereocenters. The number of hydrogen-bond acceptors (Lipinski definition) is 4. The highest BCUT2D eigenvalue weighted by molar-refractivity contribution is 7.80. The van der Waals surface area contributed by atoms with E-state index in [1.807, 2.05) is 66.7 Å². The topological polar surface area (TPSA) is 60.2 Å². The number of benzene rings is 2. The van der Waals surface area contributed by atoms with Crippen molar-refractivity contribution in [1.82, 2.24) is 10.3 Å². The molecule has 0 bridgehead atoms. The zero-order valence-electron chi connectivity index (χ0n) is 13.7. The van der Waals surface area contributed by atoms with E-state index in [2.05, 4.69) is 10.3 Å². The highest BCUT2D eigenvalue weighted by atomic mass is 32.1. The molecule has 0 radical (unpaired) electrons. The lowest BCUT2D eigenvalue weighted by Crippen LogP contribution is -2.23. The van der Waals surface area contributed by atoms with Gasteiger partial charge in [-0.2, -0.15) is 0 Å². The smallest absolute Gasteiger partial charge is 0.133 e. The lowest BCUT2D eigenvalue weighted by Gasteiger charge is -2.10. The van der Waals surface area contributed by atoms with Crippen molar-refractivity contribution in [2.75, 3.05) is 5.73 Å². The molecule has 0 aliphatic heterocycles. The SMILES string of the molecule is Nc1ncccc1C(=S)NCc1ccc(OCc2ccccc2)cc1. The Balaban J connectivity index is 1.52. The van der Waals surface area contributed by atoms with Gasteiger partial charge in [-0.05, 0) is 35.4 Å². The minimum Gasteiger partial charge on any atom is -0.489 e. The van der Waals surface area contributed by atoms with Gasteiger partial charge in [0.2, 0.25) is 0 Å². The van der Waals surface area contributed by atoms with Gasteiger partial charge in [-0.15, -0.1) is 0 Å². The maximum Gasteiger partial charge on any atom is 0.133 e. The van der Waals surface area contributed by atoms with E-state index in [4.69, 9.17) is 22.7 Å². The molecule has 5 heteroatoms. The van der Waals surface area contributed by atoms with E-state index in [0.29, 0.717) is 24.0 Å². The molecule has 0 saturated heterocycles. The monoisotopic (exact) mass is 349 g/mol. The van der Waals surface area contributed by atoms with E-state index in [1.54, 1.807) is 6.20 Å². The van der Waals surface area contributed by atoms with Crippen molar-refractivity contribution in [1.29, 1.82) is 0 Å². The number of hydrogen-bond donors (Lipinski definition) is 2. The minimum absolute atomic E-state index is 0.435. The molecule has 0 amide bonds. The Hall–Kier alpha value is -2.92. The van der Waals surface area contributed by atoms with Crippen molar-refractivity contribution in [2.45, 2.75) is 13.2 Å². The molecule has 1 heterocycles. The summed E-state index contributed by atoms with van der Waals surface area (Å²) >= 11 is 5.37. The normalized spacial score (nSPS) is 10.2. The van der Waals surface area contributed by atoms with Crippen LogP contribution >= 0.6 is 12.2 Å². The quantitative estimate of drug-likeness (QED) is 0.665. The summed E-state index contributed by atoms with van der Waals surface area (Å²) < 4.78 is 5.79.